The number of nitrogens with one attached hydrogen (secondary N) is 1. The second-order valence-corrected chi connectivity index (χ2v) is 10.1. The number of sulfonamides is 1. The average Bonchev–Trinajstić information content (AvgIpc) is 2.70. The van der Waals surface area contributed by atoms with Crippen LogP contribution in [0.2, 0.25) is 0 Å². The first-order valence-electron chi connectivity index (χ1n) is 10.4. The van der Waals surface area contributed by atoms with Gasteiger partial charge >= 0.3 is 0 Å². The molecule has 2 fully saturated rings. The largest absolute Gasteiger partial charge is 0.353 e. The minimum absolute atomic E-state index is 0.0876. The normalized spacial score (nSPS) is 21.0. The maximum atomic E-state index is 12.9. The van der Waals surface area contributed by atoms with Crippen LogP contribution in [0.3, 0.4) is 0 Å². The van der Waals surface area contributed by atoms with Gasteiger partial charge in [0.1, 0.15) is 0 Å². The van der Waals surface area contributed by atoms with E-state index in [1.54, 1.807) is 12.1 Å². The van der Waals surface area contributed by atoms with E-state index in [4.69, 9.17) is 0 Å². The van der Waals surface area contributed by atoms with Gasteiger partial charge in [0.05, 0.1) is 4.90 Å². The standard InChI is InChI=1S/C21H33N3O3S/c1-4-23-11-9-19(10-12-23)22-21(25)18-7-13-24(14-8-18)28(26,27)20-6-5-16(2)17(3)15-20/h5-6,15,18-19H,4,7-14H2,1-3H3,(H,22,25). The smallest absolute Gasteiger partial charge is 0.243 e. The summed E-state index contributed by atoms with van der Waals surface area (Å²) >= 11 is 0. The van der Waals surface area contributed by atoms with Crippen molar-refractivity contribution >= 4 is 15.9 Å². The van der Waals surface area contributed by atoms with E-state index in [2.05, 4.69) is 17.1 Å². The van der Waals surface area contributed by atoms with Gasteiger partial charge in [0.2, 0.25) is 15.9 Å². The molecule has 2 heterocycles. The summed E-state index contributed by atoms with van der Waals surface area (Å²) in [6, 6.07) is 5.53. The fraction of sp³-hybridized carbons (Fsp3) is 0.667. The summed E-state index contributed by atoms with van der Waals surface area (Å²) in [5.41, 5.74) is 2.06. The number of carbonyl (C=O) groups is 1. The van der Waals surface area contributed by atoms with Crippen LogP contribution >= 0.6 is 0 Å². The van der Waals surface area contributed by atoms with E-state index in [0.717, 1.165) is 43.6 Å². The summed E-state index contributed by atoms with van der Waals surface area (Å²) < 4.78 is 27.4. The second kappa shape index (κ2) is 8.93. The van der Waals surface area contributed by atoms with Crippen LogP contribution in [-0.4, -0.2) is 62.3 Å². The van der Waals surface area contributed by atoms with E-state index in [1.165, 1.54) is 4.31 Å². The van der Waals surface area contributed by atoms with Crippen molar-refractivity contribution in [2.75, 3.05) is 32.7 Å². The van der Waals surface area contributed by atoms with Crippen LogP contribution in [0.5, 0.6) is 0 Å². The van der Waals surface area contributed by atoms with Crippen molar-refractivity contribution < 1.29 is 13.2 Å². The highest BCUT2D eigenvalue weighted by atomic mass is 32.2. The number of benzene rings is 1. The first kappa shape index (κ1) is 21.3. The fourth-order valence-electron chi connectivity index (χ4n) is 4.09. The van der Waals surface area contributed by atoms with Gasteiger partial charge in [-0.25, -0.2) is 8.42 Å². The third-order valence-corrected chi connectivity index (χ3v) is 8.22. The van der Waals surface area contributed by atoms with Gasteiger partial charge in [-0.3, -0.25) is 4.79 Å². The number of rotatable bonds is 5. The van der Waals surface area contributed by atoms with Crippen LogP contribution in [0, 0.1) is 19.8 Å². The molecule has 2 aliphatic rings. The average molecular weight is 408 g/mol. The quantitative estimate of drug-likeness (QED) is 0.813. The SMILES string of the molecule is CCN1CCC(NC(=O)C2CCN(S(=O)(=O)c3ccc(C)c(C)c3)CC2)CC1. The molecule has 7 heteroatoms. The number of carbonyl (C=O) groups excluding carboxylic acids is 1. The Morgan fingerprint density at radius 1 is 1.04 bits per heavy atom. The first-order valence-corrected chi connectivity index (χ1v) is 11.9. The molecule has 28 heavy (non-hydrogen) atoms. The van der Waals surface area contributed by atoms with Crippen LogP contribution in [0.15, 0.2) is 23.1 Å². The van der Waals surface area contributed by atoms with Gasteiger partial charge in [-0.1, -0.05) is 13.0 Å². The van der Waals surface area contributed by atoms with E-state index >= 15 is 0 Å². The summed E-state index contributed by atoms with van der Waals surface area (Å²) in [5.74, 6) is 0.00795. The van der Waals surface area contributed by atoms with Crippen LogP contribution in [0.25, 0.3) is 0 Å². The van der Waals surface area contributed by atoms with Gasteiger partial charge in [0.25, 0.3) is 0 Å². The Labute approximate surface area is 169 Å². The van der Waals surface area contributed by atoms with E-state index in [1.807, 2.05) is 19.9 Å². The number of hydrogen-bond acceptors (Lipinski definition) is 4. The number of piperidine rings is 2. The van der Waals surface area contributed by atoms with E-state index in [0.29, 0.717) is 30.8 Å². The molecule has 1 N–H and O–H groups in total. The lowest BCUT2D eigenvalue weighted by Crippen LogP contribution is -2.48. The third-order valence-electron chi connectivity index (χ3n) is 6.32. The van der Waals surface area contributed by atoms with Gasteiger partial charge in [-0.05, 0) is 69.3 Å². The Kier molecular flexibility index (Phi) is 6.78. The van der Waals surface area contributed by atoms with Crippen molar-refractivity contribution in [1.29, 1.82) is 0 Å². The molecule has 2 saturated heterocycles. The number of aryl methyl sites for hydroxylation is 2. The molecule has 2 aliphatic heterocycles. The van der Waals surface area contributed by atoms with Crippen LogP contribution in [-0.2, 0) is 14.8 Å². The maximum absolute atomic E-state index is 12.9. The molecule has 0 spiro atoms. The molecule has 3 rings (SSSR count). The monoisotopic (exact) mass is 407 g/mol. The van der Waals surface area contributed by atoms with Crippen LogP contribution in [0.1, 0.15) is 43.7 Å². The van der Waals surface area contributed by atoms with E-state index in [9.17, 15) is 13.2 Å². The van der Waals surface area contributed by atoms with E-state index in [-0.39, 0.29) is 17.9 Å². The molecule has 1 aromatic rings. The summed E-state index contributed by atoms with van der Waals surface area (Å²) in [5, 5.41) is 3.20. The molecule has 156 valence electrons. The molecule has 0 saturated carbocycles. The van der Waals surface area contributed by atoms with Crippen molar-refractivity contribution in [1.82, 2.24) is 14.5 Å². The number of amides is 1. The highest BCUT2D eigenvalue weighted by molar-refractivity contribution is 7.89. The number of likely N-dealkylation sites (tertiary alicyclic amines) is 1. The molecule has 0 bridgehead atoms. The maximum Gasteiger partial charge on any atom is 0.243 e. The summed E-state index contributed by atoms with van der Waals surface area (Å²) in [6.45, 7) is 10.0. The topological polar surface area (TPSA) is 69.7 Å². The fourth-order valence-corrected chi connectivity index (χ4v) is 5.65. The van der Waals surface area contributed by atoms with Gasteiger partial charge in [0, 0.05) is 38.1 Å². The van der Waals surface area contributed by atoms with Crippen LogP contribution in [0.4, 0.5) is 0 Å². The lowest BCUT2D eigenvalue weighted by atomic mass is 9.96. The molecule has 0 aromatic heterocycles. The zero-order chi connectivity index (χ0) is 20.3. The van der Waals surface area contributed by atoms with E-state index < -0.39 is 10.0 Å². The minimum atomic E-state index is -3.49. The van der Waals surface area contributed by atoms with Crippen molar-refractivity contribution in [3.8, 4) is 0 Å². The predicted octanol–water partition coefficient (Wildman–Crippen LogP) is 2.30. The lowest BCUT2D eigenvalue weighted by Gasteiger charge is -2.34. The molecule has 1 amide bonds. The summed E-state index contributed by atoms with van der Waals surface area (Å²) in [6.07, 6.45) is 3.17. The molecular weight excluding hydrogens is 374 g/mol. The zero-order valence-corrected chi connectivity index (χ0v) is 18.1. The Morgan fingerprint density at radius 3 is 2.25 bits per heavy atom. The lowest BCUT2D eigenvalue weighted by molar-refractivity contribution is -0.127. The Bertz CT molecular complexity index is 793. The number of nitrogens with zero attached hydrogens (tertiary/aromatic N) is 2. The van der Waals surface area contributed by atoms with Crippen molar-refractivity contribution in [3.05, 3.63) is 29.3 Å². The first-order chi connectivity index (χ1) is 13.3. The highest BCUT2D eigenvalue weighted by Gasteiger charge is 2.33. The molecule has 0 radical (unpaired) electrons. The van der Waals surface area contributed by atoms with Crippen molar-refractivity contribution in [2.45, 2.75) is 57.4 Å². The molecular formula is C21H33N3O3S. The minimum Gasteiger partial charge on any atom is -0.353 e. The van der Waals surface area contributed by atoms with Crippen molar-refractivity contribution in [2.24, 2.45) is 5.92 Å². The molecule has 1 aromatic carbocycles. The van der Waals surface area contributed by atoms with Gasteiger partial charge in [-0.2, -0.15) is 4.31 Å². The summed E-state index contributed by atoms with van der Waals surface area (Å²) in [7, 11) is -3.49. The van der Waals surface area contributed by atoms with Gasteiger partial charge in [-0.15, -0.1) is 0 Å². The summed E-state index contributed by atoms with van der Waals surface area (Å²) in [4.78, 5) is 15.4. The second-order valence-electron chi connectivity index (χ2n) is 8.14. The zero-order valence-electron chi connectivity index (χ0n) is 17.3. The van der Waals surface area contributed by atoms with Gasteiger partial charge < -0.3 is 10.2 Å². The third kappa shape index (κ3) is 4.75. The highest BCUT2D eigenvalue weighted by Crippen LogP contribution is 2.25. The molecule has 6 nitrogen and oxygen atoms in total. The predicted molar refractivity (Wildman–Crippen MR) is 111 cm³/mol. The number of hydrogen-bond donors (Lipinski definition) is 1. The Hall–Kier alpha value is -1.44. The molecule has 0 atom stereocenters. The molecule has 0 aliphatic carbocycles. The Balaban J connectivity index is 1.53. The van der Waals surface area contributed by atoms with Gasteiger partial charge in [0.15, 0.2) is 0 Å². The Morgan fingerprint density at radius 2 is 1.68 bits per heavy atom. The van der Waals surface area contributed by atoms with Crippen molar-refractivity contribution in [3.63, 3.8) is 0 Å². The molecule has 0 unspecified atom stereocenters. The van der Waals surface area contributed by atoms with Crippen LogP contribution < -0.4 is 5.32 Å².